The van der Waals surface area contributed by atoms with Crippen LogP contribution in [0.2, 0.25) is 0 Å². The lowest BCUT2D eigenvalue weighted by atomic mass is 10.4. The summed E-state index contributed by atoms with van der Waals surface area (Å²) < 4.78 is 15.6. The van der Waals surface area contributed by atoms with Crippen LogP contribution in [0.15, 0.2) is 11.5 Å². The van der Waals surface area contributed by atoms with Gasteiger partial charge in [-0.2, -0.15) is 0 Å². The molecule has 0 radical (unpaired) electrons. The summed E-state index contributed by atoms with van der Waals surface area (Å²) in [4.78, 5) is 0. The molecule has 5 heteroatoms. The zero-order valence-electron chi connectivity index (χ0n) is 7.91. The Morgan fingerprint density at radius 3 is 2.92 bits per heavy atom. The van der Waals surface area contributed by atoms with Crippen LogP contribution in [0.3, 0.4) is 0 Å². The summed E-state index contributed by atoms with van der Waals surface area (Å²) in [6.07, 6.45) is 4.29. The number of nitrogens with one attached hydrogen (secondary N) is 1. The van der Waals surface area contributed by atoms with Crippen LogP contribution >= 0.6 is 12.2 Å². The predicted octanol–water partition coefficient (Wildman–Crippen LogP) is 1.18. The Labute approximate surface area is 87.0 Å². The molecule has 0 saturated heterocycles. The third kappa shape index (κ3) is 9.49. The van der Waals surface area contributed by atoms with Crippen LogP contribution in [0, 0.1) is 0 Å². The van der Waals surface area contributed by atoms with Gasteiger partial charge in [-0.1, -0.05) is 6.08 Å². The molecule has 0 heterocycles. The molecule has 0 bridgehead atoms. The molecule has 0 unspecified atom stereocenters. The Hall–Kier alpha value is -0.420. The monoisotopic (exact) mass is 221 g/mol. The third-order valence-electron chi connectivity index (χ3n) is 1.14. The van der Waals surface area contributed by atoms with Crippen molar-refractivity contribution in [3.8, 4) is 0 Å². The number of hydrogen-bond donors (Lipinski definition) is 1. The molecule has 13 heavy (non-hydrogen) atoms. The van der Waals surface area contributed by atoms with Gasteiger partial charge in [0, 0.05) is 23.6 Å². The number of ether oxygens (including phenoxy) is 1. The second-order valence-corrected chi connectivity index (χ2v) is 3.95. The molecule has 1 N–H and O–H groups in total. The molecule has 0 aromatic heterocycles. The summed E-state index contributed by atoms with van der Waals surface area (Å²) in [5.74, 6) is 0. The normalized spacial score (nSPS) is 12.8. The van der Waals surface area contributed by atoms with Gasteiger partial charge >= 0.3 is 0 Å². The van der Waals surface area contributed by atoms with Crippen molar-refractivity contribution in [3.63, 3.8) is 0 Å². The van der Waals surface area contributed by atoms with Crippen LogP contribution in [-0.2, 0) is 15.5 Å². The van der Waals surface area contributed by atoms with E-state index in [4.69, 9.17) is 17.0 Å². The summed E-state index contributed by atoms with van der Waals surface area (Å²) >= 11 is 4.84. The number of hydrogen-bond acceptors (Lipinski definition) is 3. The first-order valence-electron chi connectivity index (χ1n) is 4.06. The minimum absolute atomic E-state index is 0.425. The second-order valence-electron chi connectivity index (χ2n) is 2.31. The zero-order chi connectivity index (χ0) is 10.1. The number of rotatable bonds is 5. The highest BCUT2D eigenvalue weighted by Gasteiger charge is 1.91. The molecule has 0 fully saturated rings. The van der Waals surface area contributed by atoms with E-state index in [1.807, 2.05) is 13.0 Å². The van der Waals surface area contributed by atoms with Gasteiger partial charge in [0.1, 0.15) is 0 Å². The van der Waals surface area contributed by atoms with Crippen molar-refractivity contribution < 1.29 is 8.95 Å². The average molecular weight is 221 g/mol. The van der Waals surface area contributed by atoms with Crippen molar-refractivity contribution >= 4 is 28.2 Å². The third-order valence-corrected chi connectivity index (χ3v) is 1.98. The molecule has 0 rings (SSSR count). The molecule has 0 spiro atoms. The van der Waals surface area contributed by atoms with E-state index in [0.717, 1.165) is 6.42 Å². The quantitative estimate of drug-likeness (QED) is 0.559. The molecule has 0 aliphatic heterocycles. The van der Waals surface area contributed by atoms with Crippen molar-refractivity contribution in [2.45, 2.75) is 13.3 Å². The minimum atomic E-state index is -0.856. The SMILES string of the molecule is CCOC(=S)NCC/C=C/[S@@](C)=O. The fourth-order valence-corrected chi connectivity index (χ4v) is 1.27. The van der Waals surface area contributed by atoms with Crippen molar-refractivity contribution in [3.05, 3.63) is 11.5 Å². The highest BCUT2D eigenvalue weighted by molar-refractivity contribution is 7.87. The van der Waals surface area contributed by atoms with Gasteiger partial charge in [0.2, 0.25) is 0 Å². The van der Waals surface area contributed by atoms with E-state index >= 15 is 0 Å². The van der Waals surface area contributed by atoms with E-state index in [-0.39, 0.29) is 0 Å². The predicted molar refractivity (Wildman–Crippen MR) is 60.1 cm³/mol. The molecule has 0 amide bonds. The largest absolute Gasteiger partial charge is 0.471 e. The molecule has 0 aliphatic carbocycles. The summed E-state index contributed by atoms with van der Waals surface area (Å²) in [6.45, 7) is 3.18. The molecule has 0 saturated carbocycles. The second kappa shape index (κ2) is 8.19. The molecular formula is C8H15NO2S2. The van der Waals surface area contributed by atoms with Crippen LogP contribution in [0.25, 0.3) is 0 Å². The van der Waals surface area contributed by atoms with E-state index in [1.54, 1.807) is 11.7 Å². The van der Waals surface area contributed by atoms with Crippen LogP contribution in [0.4, 0.5) is 0 Å². The molecule has 1 atom stereocenters. The topological polar surface area (TPSA) is 38.3 Å². The Balaban J connectivity index is 3.35. The molecule has 76 valence electrons. The van der Waals surface area contributed by atoms with Gasteiger partial charge in [0.25, 0.3) is 5.17 Å². The van der Waals surface area contributed by atoms with Crippen LogP contribution in [-0.4, -0.2) is 28.8 Å². The van der Waals surface area contributed by atoms with Crippen LogP contribution in [0.1, 0.15) is 13.3 Å². The molecule has 0 aliphatic rings. The van der Waals surface area contributed by atoms with Gasteiger partial charge in [-0.15, -0.1) is 0 Å². The summed E-state index contributed by atoms with van der Waals surface area (Å²) in [7, 11) is -0.856. The van der Waals surface area contributed by atoms with Crippen molar-refractivity contribution in [2.24, 2.45) is 0 Å². The maximum Gasteiger partial charge on any atom is 0.256 e. The Morgan fingerprint density at radius 1 is 1.69 bits per heavy atom. The van der Waals surface area contributed by atoms with Crippen LogP contribution < -0.4 is 5.32 Å². The highest BCUT2D eigenvalue weighted by atomic mass is 32.2. The van der Waals surface area contributed by atoms with Gasteiger partial charge in [-0.25, -0.2) is 0 Å². The highest BCUT2D eigenvalue weighted by Crippen LogP contribution is 1.85. The van der Waals surface area contributed by atoms with Crippen molar-refractivity contribution in [2.75, 3.05) is 19.4 Å². The van der Waals surface area contributed by atoms with Gasteiger partial charge in [0.05, 0.1) is 6.61 Å². The Morgan fingerprint density at radius 2 is 2.38 bits per heavy atom. The van der Waals surface area contributed by atoms with Crippen molar-refractivity contribution in [1.29, 1.82) is 0 Å². The maximum atomic E-state index is 10.6. The van der Waals surface area contributed by atoms with E-state index in [0.29, 0.717) is 18.3 Å². The first-order chi connectivity index (χ1) is 6.16. The van der Waals surface area contributed by atoms with Gasteiger partial charge in [0.15, 0.2) is 0 Å². The van der Waals surface area contributed by atoms with E-state index in [2.05, 4.69) is 5.32 Å². The van der Waals surface area contributed by atoms with Gasteiger partial charge in [-0.05, 0) is 31.0 Å². The fourth-order valence-electron chi connectivity index (χ4n) is 0.643. The van der Waals surface area contributed by atoms with E-state index in [9.17, 15) is 4.21 Å². The molecule has 0 aromatic rings. The minimum Gasteiger partial charge on any atom is -0.471 e. The van der Waals surface area contributed by atoms with Gasteiger partial charge in [-0.3, -0.25) is 4.21 Å². The average Bonchev–Trinajstić information content (AvgIpc) is 2.03. The summed E-state index contributed by atoms with van der Waals surface area (Å²) in [5.41, 5.74) is 0. The lowest BCUT2D eigenvalue weighted by Crippen LogP contribution is -2.24. The first-order valence-corrected chi connectivity index (χ1v) is 6.09. The summed E-state index contributed by atoms with van der Waals surface area (Å²) in [6, 6.07) is 0. The van der Waals surface area contributed by atoms with E-state index < -0.39 is 10.8 Å². The first kappa shape index (κ1) is 12.6. The molecular weight excluding hydrogens is 206 g/mol. The molecule has 0 aromatic carbocycles. The fraction of sp³-hybridized carbons (Fsp3) is 0.625. The zero-order valence-corrected chi connectivity index (χ0v) is 9.54. The number of thiocarbonyl (C=S) groups is 1. The van der Waals surface area contributed by atoms with Crippen molar-refractivity contribution in [1.82, 2.24) is 5.32 Å². The maximum absolute atomic E-state index is 10.6. The lowest BCUT2D eigenvalue weighted by Gasteiger charge is -2.05. The van der Waals surface area contributed by atoms with E-state index in [1.165, 1.54) is 0 Å². The van der Waals surface area contributed by atoms with Gasteiger partial charge < -0.3 is 10.1 Å². The lowest BCUT2D eigenvalue weighted by molar-refractivity contribution is 0.320. The Bertz CT molecular complexity index is 204. The summed E-state index contributed by atoms with van der Waals surface area (Å²) in [5, 5.41) is 5.00. The standard InChI is InChI=1S/C8H15NO2S2/c1-3-11-8(12)9-6-4-5-7-13(2)10/h5,7H,3-4,6H2,1-2H3,(H,9,12)/b7-5+/t13-/m1/s1. The Kier molecular flexibility index (Phi) is 7.93. The smallest absolute Gasteiger partial charge is 0.256 e. The molecule has 3 nitrogen and oxygen atoms in total. The van der Waals surface area contributed by atoms with Crippen LogP contribution in [0.5, 0.6) is 0 Å².